The summed E-state index contributed by atoms with van der Waals surface area (Å²) in [6, 6.07) is 5.20. The van der Waals surface area contributed by atoms with Crippen molar-refractivity contribution in [3.63, 3.8) is 0 Å². The lowest BCUT2D eigenvalue weighted by Gasteiger charge is -2.38. The lowest BCUT2D eigenvalue weighted by molar-refractivity contribution is 0.0718. The molecule has 0 spiro atoms. The number of carbonyl (C=O) groups is 1. The number of benzene rings is 1. The van der Waals surface area contributed by atoms with Crippen molar-refractivity contribution >= 4 is 27.5 Å². The van der Waals surface area contributed by atoms with E-state index in [0.29, 0.717) is 17.2 Å². The molecule has 1 fully saturated rings. The second kappa shape index (κ2) is 6.14. The molecule has 1 saturated carbocycles. The van der Waals surface area contributed by atoms with Gasteiger partial charge in [-0.25, -0.2) is 0 Å². The highest BCUT2D eigenvalue weighted by molar-refractivity contribution is 9.10. The molecule has 1 aliphatic rings. The first-order chi connectivity index (χ1) is 9.46. The molecule has 1 amide bonds. The SMILES string of the molecule is CC1CCC(CO)(NC(=O)c2ccc(Br)cc2N)CC1. The van der Waals surface area contributed by atoms with Gasteiger partial charge in [-0.05, 0) is 49.8 Å². The number of hydrogen-bond donors (Lipinski definition) is 3. The molecular weight excluding hydrogens is 320 g/mol. The molecule has 1 aliphatic carbocycles. The predicted octanol–water partition coefficient (Wildman–Crippen LogP) is 2.70. The lowest BCUT2D eigenvalue weighted by Crippen LogP contribution is -2.53. The van der Waals surface area contributed by atoms with E-state index in [1.54, 1.807) is 18.2 Å². The number of hydrogen-bond acceptors (Lipinski definition) is 3. The highest BCUT2D eigenvalue weighted by atomic mass is 79.9. The summed E-state index contributed by atoms with van der Waals surface area (Å²) in [6.45, 7) is 2.18. The third kappa shape index (κ3) is 3.33. The average molecular weight is 341 g/mol. The van der Waals surface area contributed by atoms with Gasteiger partial charge in [0.1, 0.15) is 0 Å². The Hall–Kier alpha value is -1.07. The highest BCUT2D eigenvalue weighted by Crippen LogP contribution is 2.32. The standard InChI is InChI=1S/C15H21BrN2O2/c1-10-4-6-15(9-19,7-5-10)18-14(20)12-3-2-11(16)8-13(12)17/h2-3,8,10,19H,4-7,9,17H2,1H3,(H,18,20). The van der Waals surface area contributed by atoms with E-state index >= 15 is 0 Å². The van der Waals surface area contributed by atoms with Crippen LogP contribution >= 0.6 is 15.9 Å². The molecule has 0 heterocycles. The number of amides is 1. The van der Waals surface area contributed by atoms with Gasteiger partial charge < -0.3 is 16.2 Å². The first-order valence-electron chi connectivity index (χ1n) is 6.94. The summed E-state index contributed by atoms with van der Waals surface area (Å²) in [7, 11) is 0. The Labute approximate surface area is 127 Å². The van der Waals surface area contributed by atoms with Crippen LogP contribution in [0.1, 0.15) is 43.0 Å². The molecule has 20 heavy (non-hydrogen) atoms. The van der Waals surface area contributed by atoms with Crippen LogP contribution < -0.4 is 11.1 Å². The minimum atomic E-state index is -0.497. The summed E-state index contributed by atoms with van der Waals surface area (Å²) in [4.78, 5) is 12.4. The Morgan fingerprint density at radius 1 is 1.50 bits per heavy atom. The summed E-state index contributed by atoms with van der Waals surface area (Å²) < 4.78 is 0.843. The zero-order chi connectivity index (χ0) is 14.8. The zero-order valence-electron chi connectivity index (χ0n) is 11.7. The van der Waals surface area contributed by atoms with Crippen LogP contribution in [0.25, 0.3) is 0 Å². The first-order valence-corrected chi connectivity index (χ1v) is 7.73. The number of rotatable bonds is 3. The van der Waals surface area contributed by atoms with E-state index in [9.17, 15) is 9.90 Å². The topological polar surface area (TPSA) is 75.3 Å². The van der Waals surface area contributed by atoms with Crippen LogP contribution in [0.4, 0.5) is 5.69 Å². The molecular formula is C15H21BrN2O2. The third-order valence-corrected chi connectivity index (χ3v) is 4.66. The second-order valence-corrected chi connectivity index (χ2v) is 6.72. The number of aliphatic hydroxyl groups excluding tert-OH is 1. The minimum Gasteiger partial charge on any atom is -0.398 e. The fourth-order valence-electron chi connectivity index (χ4n) is 2.69. The molecule has 0 bridgehead atoms. The molecule has 4 nitrogen and oxygen atoms in total. The van der Waals surface area contributed by atoms with Gasteiger partial charge >= 0.3 is 0 Å². The van der Waals surface area contributed by atoms with Crippen molar-refractivity contribution in [1.82, 2.24) is 5.32 Å². The van der Waals surface area contributed by atoms with Crippen LogP contribution in [0.15, 0.2) is 22.7 Å². The molecule has 4 N–H and O–H groups in total. The minimum absolute atomic E-state index is 0.0259. The van der Waals surface area contributed by atoms with E-state index in [-0.39, 0.29) is 12.5 Å². The fraction of sp³-hybridized carbons (Fsp3) is 0.533. The summed E-state index contributed by atoms with van der Waals surface area (Å²) in [5, 5.41) is 12.7. The normalized spacial score (nSPS) is 26.2. The van der Waals surface area contributed by atoms with Gasteiger partial charge in [0.15, 0.2) is 0 Å². The van der Waals surface area contributed by atoms with Crippen molar-refractivity contribution in [2.45, 2.75) is 38.1 Å². The molecule has 1 aromatic rings. The molecule has 2 rings (SSSR count). The van der Waals surface area contributed by atoms with Crippen LogP contribution in [-0.4, -0.2) is 23.2 Å². The first kappa shape index (κ1) is 15.3. The monoisotopic (exact) mass is 340 g/mol. The van der Waals surface area contributed by atoms with Crippen LogP contribution in [0, 0.1) is 5.92 Å². The van der Waals surface area contributed by atoms with Gasteiger partial charge in [-0.1, -0.05) is 22.9 Å². The molecule has 0 atom stereocenters. The zero-order valence-corrected chi connectivity index (χ0v) is 13.2. The van der Waals surface area contributed by atoms with E-state index in [0.717, 1.165) is 30.2 Å². The molecule has 5 heteroatoms. The fourth-order valence-corrected chi connectivity index (χ4v) is 3.06. The van der Waals surface area contributed by atoms with Crippen molar-refractivity contribution in [1.29, 1.82) is 0 Å². The average Bonchev–Trinajstić information content (AvgIpc) is 2.41. The maximum Gasteiger partial charge on any atom is 0.253 e. The molecule has 0 aromatic heterocycles. The van der Waals surface area contributed by atoms with Crippen molar-refractivity contribution in [3.8, 4) is 0 Å². The Morgan fingerprint density at radius 2 is 2.15 bits per heavy atom. The van der Waals surface area contributed by atoms with Crippen LogP contribution in [-0.2, 0) is 0 Å². The molecule has 0 aliphatic heterocycles. The van der Waals surface area contributed by atoms with E-state index in [1.807, 2.05) is 0 Å². The van der Waals surface area contributed by atoms with Crippen molar-refractivity contribution < 1.29 is 9.90 Å². The maximum atomic E-state index is 12.4. The molecule has 110 valence electrons. The summed E-state index contributed by atoms with van der Waals surface area (Å²) in [6.07, 6.45) is 3.67. The van der Waals surface area contributed by atoms with Crippen LogP contribution in [0.3, 0.4) is 0 Å². The summed E-state index contributed by atoms with van der Waals surface area (Å²) in [5.41, 5.74) is 6.28. The molecule has 0 radical (unpaired) electrons. The van der Waals surface area contributed by atoms with E-state index in [2.05, 4.69) is 28.2 Å². The smallest absolute Gasteiger partial charge is 0.253 e. The summed E-state index contributed by atoms with van der Waals surface area (Å²) >= 11 is 3.32. The van der Waals surface area contributed by atoms with Crippen molar-refractivity contribution in [3.05, 3.63) is 28.2 Å². The molecule has 1 aromatic carbocycles. The molecule has 0 unspecified atom stereocenters. The maximum absolute atomic E-state index is 12.4. The Bertz CT molecular complexity index is 497. The van der Waals surface area contributed by atoms with Gasteiger partial charge in [0, 0.05) is 10.2 Å². The van der Waals surface area contributed by atoms with Gasteiger partial charge in [0.05, 0.1) is 17.7 Å². The van der Waals surface area contributed by atoms with Gasteiger partial charge in [-0.2, -0.15) is 0 Å². The van der Waals surface area contributed by atoms with E-state index in [4.69, 9.17) is 5.73 Å². The highest BCUT2D eigenvalue weighted by Gasteiger charge is 2.35. The van der Waals surface area contributed by atoms with Gasteiger partial charge in [-0.3, -0.25) is 4.79 Å². The number of carbonyl (C=O) groups excluding carboxylic acids is 1. The van der Waals surface area contributed by atoms with E-state index in [1.165, 1.54) is 0 Å². The second-order valence-electron chi connectivity index (χ2n) is 5.81. The number of nitrogen functional groups attached to an aromatic ring is 1. The Kier molecular flexibility index (Phi) is 4.70. The quantitative estimate of drug-likeness (QED) is 0.740. The predicted molar refractivity (Wildman–Crippen MR) is 83.5 cm³/mol. The van der Waals surface area contributed by atoms with Crippen LogP contribution in [0.2, 0.25) is 0 Å². The number of nitrogens with one attached hydrogen (secondary N) is 1. The van der Waals surface area contributed by atoms with E-state index < -0.39 is 5.54 Å². The van der Waals surface area contributed by atoms with Gasteiger partial charge in [0.25, 0.3) is 5.91 Å². The number of anilines is 1. The number of aliphatic hydroxyl groups is 1. The van der Waals surface area contributed by atoms with Gasteiger partial charge in [-0.15, -0.1) is 0 Å². The third-order valence-electron chi connectivity index (χ3n) is 4.17. The van der Waals surface area contributed by atoms with Crippen molar-refractivity contribution in [2.75, 3.05) is 12.3 Å². The lowest BCUT2D eigenvalue weighted by atomic mass is 9.77. The van der Waals surface area contributed by atoms with Crippen molar-refractivity contribution in [2.24, 2.45) is 5.92 Å². The van der Waals surface area contributed by atoms with Gasteiger partial charge in [0.2, 0.25) is 0 Å². The summed E-state index contributed by atoms with van der Waals surface area (Å²) in [5.74, 6) is 0.447. The molecule has 0 saturated heterocycles. The number of nitrogens with two attached hydrogens (primary N) is 1. The largest absolute Gasteiger partial charge is 0.398 e. The Morgan fingerprint density at radius 3 is 2.70 bits per heavy atom. The van der Waals surface area contributed by atoms with Crippen LogP contribution in [0.5, 0.6) is 0 Å². The Balaban J connectivity index is 2.13. The number of halogens is 1.